The lowest BCUT2D eigenvalue weighted by molar-refractivity contribution is 0.224. The maximum atomic E-state index is 12.4. The van der Waals surface area contributed by atoms with Crippen LogP contribution in [0.5, 0.6) is 11.5 Å². The number of ether oxygens (including phenoxy) is 2. The molecule has 0 radical (unpaired) electrons. The van der Waals surface area contributed by atoms with Crippen molar-refractivity contribution in [3.05, 3.63) is 54.1 Å². The fourth-order valence-corrected chi connectivity index (χ4v) is 3.47. The summed E-state index contributed by atoms with van der Waals surface area (Å²) in [4.78, 5) is 14.8. The van der Waals surface area contributed by atoms with Crippen molar-refractivity contribution in [1.29, 1.82) is 0 Å². The number of likely N-dealkylation sites (tertiary alicyclic amines) is 1. The fraction of sp³-hybridized carbons (Fsp3) is 0.381. The zero-order chi connectivity index (χ0) is 19.1. The molecule has 0 aromatic heterocycles. The molecule has 1 saturated heterocycles. The van der Waals surface area contributed by atoms with Gasteiger partial charge in [0.25, 0.3) is 0 Å². The number of anilines is 1. The molecule has 0 spiro atoms. The number of amides is 2. The average Bonchev–Trinajstić information content (AvgIpc) is 3.23. The number of urea groups is 1. The lowest BCUT2D eigenvalue weighted by atomic mass is 10.0. The Hall–Kier alpha value is -2.73. The molecule has 1 fully saturated rings. The van der Waals surface area contributed by atoms with Crippen LogP contribution in [0.25, 0.3) is 0 Å². The Morgan fingerprint density at radius 3 is 2.41 bits per heavy atom. The maximum absolute atomic E-state index is 12.4. The van der Waals surface area contributed by atoms with Crippen molar-refractivity contribution in [2.24, 2.45) is 0 Å². The lowest BCUT2D eigenvalue weighted by Crippen LogP contribution is -2.38. The van der Waals surface area contributed by atoms with Gasteiger partial charge >= 0.3 is 6.03 Å². The predicted octanol–water partition coefficient (Wildman–Crippen LogP) is 3.66. The van der Waals surface area contributed by atoms with E-state index < -0.39 is 0 Å². The molecule has 0 saturated carbocycles. The lowest BCUT2D eigenvalue weighted by Gasteiger charge is -2.29. The van der Waals surface area contributed by atoms with Crippen molar-refractivity contribution < 1.29 is 14.3 Å². The first kappa shape index (κ1) is 19.0. The number of benzene rings is 2. The molecule has 2 aromatic rings. The molecule has 3 rings (SSSR count). The third-order valence-electron chi connectivity index (χ3n) is 4.88. The molecule has 1 aliphatic rings. The number of hydrogen-bond donors (Lipinski definition) is 2. The van der Waals surface area contributed by atoms with Crippen molar-refractivity contribution in [3.63, 3.8) is 0 Å². The van der Waals surface area contributed by atoms with Gasteiger partial charge in [-0.2, -0.15) is 0 Å². The van der Waals surface area contributed by atoms with Gasteiger partial charge in [-0.25, -0.2) is 4.79 Å². The van der Waals surface area contributed by atoms with E-state index in [9.17, 15) is 4.79 Å². The van der Waals surface area contributed by atoms with Gasteiger partial charge in [0.15, 0.2) is 0 Å². The highest BCUT2D eigenvalue weighted by Gasteiger charge is 2.26. The van der Waals surface area contributed by atoms with E-state index in [-0.39, 0.29) is 12.1 Å². The van der Waals surface area contributed by atoms with Crippen LogP contribution in [0.2, 0.25) is 0 Å². The second-order valence-electron chi connectivity index (χ2n) is 6.56. The minimum absolute atomic E-state index is 0.0882. The first-order valence-corrected chi connectivity index (χ1v) is 9.27. The Morgan fingerprint density at radius 1 is 1.04 bits per heavy atom. The van der Waals surface area contributed by atoms with Crippen molar-refractivity contribution in [2.75, 3.05) is 39.2 Å². The highest BCUT2D eigenvalue weighted by Crippen LogP contribution is 2.31. The van der Waals surface area contributed by atoms with Gasteiger partial charge in [0.1, 0.15) is 11.5 Å². The van der Waals surface area contributed by atoms with Crippen LogP contribution in [0.4, 0.5) is 10.5 Å². The molecule has 6 nitrogen and oxygen atoms in total. The topological polar surface area (TPSA) is 62.8 Å². The Labute approximate surface area is 160 Å². The summed E-state index contributed by atoms with van der Waals surface area (Å²) < 4.78 is 10.7. The summed E-state index contributed by atoms with van der Waals surface area (Å²) in [7, 11) is 3.30. The van der Waals surface area contributed by atoms with E-state index in [0.717, 1.165) is 35.8 Å². The number of carbonyl (C=O) groups is 1. The van der Waals surface area contributed by atoms with Crippen LogP contribution < -0.4 is 20.1 Å². The van der Waals surface area contributed by atoms with Gasteiger partial charge in [0, 0.05) is 17.8 Å². The Bertz CT molecular complexity index is 743. The van der Waals surface area contributed by atoms with Crippen molar-refractivity contribution in [1.82, 2.24) is 10.2 Å². The summed E-state index contributed by atoms with van der Waals surface area (Å²) in [5, 5.41) is 5.87. The molecule has 0 aliphatic carbocycles. The molecular weight excluding hydrogens is 342 g/mol. The van der Waals surface area contributed by atoms with Gasteiger partial charge in [-0.15, -0.1) is 0 Å². The summed E-state index contributed by atoms with van der Waals surface area (Å²) in [6, 6.07) is 15.2. The van der Waals surface area contributed by atoms with Gasteiger partial charge in [-0.05, 0) is 56.3 Å². The number of nitrogens with zero attached hydrogens (tertiary/aromatic N) is 1. The van der Waals surface area contributed by atoms with E-state index in [1.807, 2.05) is 42.5 Å². The minimum Gasteiger partial charge on any atom is -0.497 e. The molecule has 1 unspecified atom stereocenters. The standard InChI is InChI=1S/C21H27N3O3/c1-26-17-11-9-16(10-12-17)23-21(25)22-15-19(24-13-5-6-14-24)18-7-3-4-8-20(18)27-2/h3-4,7-12,19H,5-6,13-15H2,1-2H3,(H2,22,23,25). The van der Waals surface area contributed by atoms with E-state index >= 15 is 0 Å². The van der Waals surface area contributed by atoms with Crippen LogP contribution in [0.1, 0.15) is 24.4 Å². The first-order valence-electron chi connectivity index (χ1n) is 9.27. The summed E-state index contributed by atoms with van der Waals surface area (Å²) in [5.74, 6) is 1.61. The normalized spacial score (nSPS) is 15.2. The Morgan fingerprint density at radius 2 is 1.74 bits per heavy atom. The van der Waals surface area contributed by atoms with Crippen LogP contribution in [0.15, 0.2) is 48.5 Å². The Balaban J connectivity index is 1.66. The largest absolute Gasteiger partial charge is 0.497 e. The number of hydrogen-bond acceptors (Lipinski definition) is 4. The van der Waals surface area contributed by atoms with E-state index in [1.165, 1.54) is 12.8 Å². The van der Waals surface area contributed by atoms with E-state index in [2.05, 4.69) is 21.6 Å². The van der Waals surface area contributed by atoms with E-state index in [0.29, 0.717) is 6.54 Å². The number of carbonyl (C=O) groups excluding carboxylic acids is 1. The molecule has 0 bridgehead atoms. The molecule has 1 heterocycles. The SMILES string of the molecule is COc1ccc(NC(=O)NCC(c2ccccc2OC)N2CCCC2)cc1. The summed E-state index contributed by atoms with van der Waals surface area (Å²) in [5.41, 5.74) is 1.83. The number of para-hydroxylation sites is 1. The zero-order valence-corrected chi connectivity index (χ0v) is 15.9. The molecule has 1 aliphatic heterocycles. The molecule has 1 atom stereocenters. The monoisotopic (exact) mass is 369 g/mol. The second-order valence-corrected chi connectivity index (χ2v) is 6.56. The maximum Gasteiger partial charge on any atom is 0.319 e. The first-order chi connectivity index (χ1) is 13.2. The zero-order valence-electron chi connectivity index (χ0n) is 15.9. The molecule has 2 aromatic carbocycles. The highest BCUT2D eigenvalue weighted by molar-refractivity contribution is 5.89. The molecular formula is C21H27N3O3. The highest BCUT2D eigenvalue weighted by atomic mass is 16.5. The molecule has 6 heteroatoms. The van der Waals surface area contributed by atoms with Gasteiger partial charge in [0.2, 0.25) is 0 Å². The van der Waals surface area contributed by atoms with E-state index in [4.69, 9.17) is 9.47 Å². The molecule has 27 heavy (non-hydrogen) atoms. The second kappa shape index (κ2) is 9.28. The average molecular weight is 369 g/mol. The van der Waals surface area contributed by atoms with Gasteiger partial charge in [-0.1, -0.05) is 18.2 Å². The van der Waals surface area contributed by atoms with Crippen LogP contribution >= 0.6 is 0 Å². The van der Waals surface area contributed by atoms with Gasteiger partial charge < -0.3 is 20.1 Å². The summed E-state index contributed by atoms with van der Waals surface area (Å²) in [6.45, 7) is 2.58. The van der Waals surface area contributed by atoms with E-state index in [1.54, 1.807) is 14.2 Å². The van der Waals surface area contributed by atoms with Gasteiger partial charge in [0.05, 0.1) is 20.3 Å². The van der Waals surface area contributed by atoms with Crippen molar-refractivity contribution in [3.8, 4) is 11.5 Å². The number of rotatable bonds is 7. The number of methoxy groups -OCH3 is 2. The van der Waals surface area contributed by atoms with Gasteiger partial charge in [-0.3, -0.25) is 4.90 Å². The number of nitrogens with one attached hydrogen (secondary N) is 2. The quantitative estimate of drug-likeness (QED) is 0.782. The van der Waals surface area contributed by atoms with Crippen LogP contribution in [0.3, 0.4) is 0 Å². The van der Waals surface area contributed by atoms with Crippen LogP contribution in [-0.4, -0.2) is 44.8 Å². The van der Waals surface area contributed by atoms with Crippen LogP contribution in [0, 0.1) is 0 Å². The molecule has 2 amide bonds. The molecule has 2 N–H and O–H groups in total. The minimum atomic E-state index is -0.223. The van der Waals surface area contributed by atoms with Crippen LogP contribution in [-0.2, 0) is 0 Å². The van der Waals surface area contributed by atoms with Crippen molar-refractivity contribution in [2.45, 2.75) is 18.9 Å². The third kappa shape index (κ3) is 4.92. The smallest absolute Gasteiger partial charge is 0.319 e. The molecule has 144 valence electrons. The van der Waals surface area contributed by atoms with Crippen molar-refractivity contribution >= 4 is 11.7 Å². The summed E-state index contributed by atoms with van der Waals surface area (Å²) >= 11 is 0. The Kier molecular flexibility index (Phi) is 6.54. The fourth-order valence-electron chi connectivity index (χ4n) is 3.47. The predicted molar refractivity (Wildman–Crippen MR) is 107 cm³/mol. The summed E-state index contributed by atoms with van der Waals surface area (Å²) in [6.07, 6.45) is 2.37. The third-order valence-corrected chi connectivity index (χ3v) is 4.88.